The van der Waals surface area contributed by atoms with Gasteiger partial charge >= 0.3 is 6.18 Å². The van der Waals surface area contributed by atoms with Crippen LogP contribution in [0.2, 0.25) is 5.02 Å². The fourth-order valence-corrected chi connectivity index (χ4v) is 3.79. The second kappa shape index (κ2) is 10.6. The van der Waals surface area contributed by atoms with Crippen LogP contribution in [0.3, 0.4) is 0 Å². The van der Waals surface area contributed by atoms with E-state index in [2.05, 4.69) is 10.0 Å². The van der Waals surface area contributed by atoms with Crippen molar-refractivity contribution in [2.24, 2.45) is 0 Å². The van der Waals surface area contributed by atoms with Gasteiger partial charge in [-0.15, -0.1) is 0 Å². The Balaban J connectivity index is 2.13. The average Bonchev–Trinajstić information content (AvgIpc) is 2.74. The van der Waals surface area contributed by atoms with Gasteiger partial charge in [-0.2, -0.15) is 13.2 Å². The van der Waals surface area contributed by atoms with Gasteiger partial charge in [-0.25, -0.2) is 8.42 Å². The molecule has 0 aromatic heterocycles. The Kier molecular flexibility index (Phi) is 8.53. The zero-order chi connectivity index (χ0) is 25.7. The molecule has 0 aliphatic rings. The van der Waals surface area contributed by atoms with Gasteiger partial charge < -0.3 is 20.5 Å². The van der Waals surface area contributed by atoms with Crippen LogP contribution in [0.25, 0.3) is 0 Å². The number of halogens is 4. The number of benzene rings is 2. The molecular weight excluding hydrogens is 503 g/mol. The van der Waals surface area contributed by atoms with E-state index in [0.717, 1.165) is 18.2 Å². The third-order valence-electron chi connectivity index (χ3n) is 4.48. The van der Waals surface area contributed by atoms with Crippen molar-refractivity contribution in [1.29, 1.82) is 0 Å². The number of sulfonamides is 1. The largest absolute Gasteiger partial charge is 0.426 e. The first-order valence-electron chi connectivity index (χ1n) is 9.49. The molecule has 0 bridgehead atoms. The molecule has 0 radical (unpaired) electrons. The molecule has 186 valence electrons. The highest BCUT2D eigenvalue weighted by Gasteiger charge is 2.55. The van der Waals surface area contributed by atoms with Crippen molar-refractivity contribution in [3.8, 4) is 0 Å². The van der Waals surface area contributed by atoms with Crippen LogP contribution >= 0.6 is 11.6 Å². The first-order valence-corrected chi connectivity index (χ1v) is 11.4. The number of anilines is 2. The Morgan fingerprint density at radius 1 is 1.12 bits per heavy atom. The number of alkyl halides is 3. The van der Waals surface area contributed by atoms with E-state index < -0.39 is 27.7 Å². The van der Waals surface area contributed by atoms with Crippen LogP contribution in [-0.2, 0) is 19.6 Å². The highest BCUT2D eigenvalue weighted by molar-refractivity contribution is 7.92. The van der Waals surface area contributed by atoms with Crippen LogP contribution in [0, 0.1) is 0 Å². The van der Waals surface area contributed by atoms with Gasteiger partial charge in [0.15, 0.2) is 0 Å². The lowest BCUT2D eigenvalue weighted by molar-refractivity contribution is -0.242. The third kappa shape index (κ3) is 6.59. The number of amides is 2. The fraction of sp³-hybridized carbons (Fsp3) is 0.300. The molecule has 2 rings (SSSR count). The summed E-state index contributed by atoms with van der Waals surface area (Å²) in [6, 6.07) is 8.42. The summed E-state index contributed by atoms with van der Waals surface area (Å²) in [7, 11) is -2.69. The summed E-state index contributed by atoms with van der Waals surface area (Å²) in [5.74, 6) is -2.16. The minimum absolute atomic E-state index is 0.128. The van der Waals surface area contributed by atoms with E-state index in [9.17, 15) is 36.3 Å². The summed E-state index contributed by atoms with van der Waals surface area (Å²) >= 11 is 5.93. The van der Waals surface area contributed by atoms with E-state index in [1.807, 2.05) is 5.32 Å². The maximum atomic E-state index is 12.8. The second-order valence-electron chi connectivity index (χ2n) is 7.10. The molecule has 0 saturated heterocycles. The first kappa shape index (κ1) is 27.4. The van der Waals surface area contributed by atoms with Gasteiger partial charge in [-0.05, 0) is 49.4 Å². The molecule has 9 nitrogen and oxygen atoms in total. The van der Waals surface area contributed by atoms with Gasteiger partial charge in [0.25, 0.3) is 21.8 Å². The predicted molar refractivity (Wildman–Crippen MR) is 118 cm³/mol. The van der Waals surface area contributed by atoms with Crippen molar-refractivity contribution in [1.82, 2.24) is 5.32 Å². The minimum Gasteiger partial charge on any atom is -0.383 e. The molecule has 0 unspecified atom stereocenters. The van der Waals surface area contributed by atoms with Gasteiger partial charge in [-0.3, -0.25) is 14.3 Å². The molecule has 0 aliphatic carbocycles. The average molecular weight is 524 g/mol. The van der Waals surface area contributed by atoms with Gasteiger partial charge in [0.05, 0.1) is 22.2 Å². The lowest BCUT2D eigenvalue weighted by atomic mass is 10.1. The van der Waals surface area contributed by atoms with Gasteiger partial charge in [0.1, 0.15) is 0 Å². The number of hydrogen-bond donors (Lipinski definition) is 4. The molecular formula is C20H21ClF3N3O6S. The highest BCUT2D eigenvalue weighted by Crippen LogP contribution is 2.33. The molecule has 0 aliphatic heterocycles. The molecule has 2 aromatic rings. The zero-order valence-corrected chi connectivity index (χ0v) is 19.4. The van der Waals surface area contributed by atoms with Crippen molar-refractivity contribution in [2.75, 3.05) is 30.3 Å². The van der Waals surface area contributed by atoms with Crippen LogP contribution in [0.1, 0.15) is 17.3 Å². The first-order chi connectivity index (χ1) is 15.7. The fourth-order valence-electron chi connectivity index (χ4n) is 2.41. The molecule has 0 spiro atoms. The standard InChI is InChI=1S/C20H21ClF3N3O6S/c1-19(30,20(22,23)24)18(29)26-16-8-7-14(11-15(16)21)34(31,32)27-13-5-3-12(4-6-13)17(28)25-9-10-33-2/h3-8,11,27,30H,9-10H2,1-2H3,(H,25,28)(H,26,29)/t19-/m1/s1. The normalized spacial score (nSPS) is 13.6. The molecule has 2 amide bonds. The van der Waals surface area contributed by atoms with Crippen molar-refractivity contribution < 1.29 is 41.0 Å². The van der Waals surface area contributed by atoms with E-state index >= 15 is 0 Å². The highest BCUT2D eigenvalue weighted by atomic mass is 35.5. The monoisotopic (exact) mass is 523 g/mol. The molecule has 0 fully saturated rings. The Labute approximate surface area is 198 Å². The summed E-state index contributed by atoms with van der Waals surface area (Å²) in [6.45, 7) is 0.901. The number of rotatable bonds is 9. The van der Waals surface area contributed by atoms with Crippen molar-refractivity contribution in [3.05, 3.63) is 53.1 Å². The third-order valence-corrected chi connectivity index (χ3v) is 6.18. The number of hydrogen-bond acceptors (Lipinski definition) is 6. The number of ether oxygens (including phenoxy) is 1. The molecule has 0 heterocycles. The van der Waals surface area contributed by atoms with Crippen molar-refractivity contribution >= 4 is 44.8 Å². The number of carbonyl (C=O) groups excluding carboxylic acids is 2. The Morgan fingerprint density at radius 3 is 2.26 bits per heavy atom. The smallest absolute Gasteiger partial charge is 0.383 e. The Bertz CT molecular complexity index is 1160. The number of carbonyl (C=O) groups is 2. The molecule has 34 heavy (non-hydrogen) atoms. The summed E-state index contributed by atoms with van der Waals surface area (Å²) in [5.41, 5.74) is -3.60. The number of methoxy groups -OCH3 is 1. The maximum absolute atomic E-state index is 12.8. The molecule has 1 atom stereocenters. The van der Waals surface area contributed by atoms with E-state index in [1.165, 1.54) is 31.4 Å². The van der Waals surface area contributed by atoms with E-state index in [-0.39, 0.29) is 39.7 Å². The minimum atomic E-state index is -5.24. The molecule has 2 aromatic carbocycles. The summed E-state index contributed by atoms with van der Waals surface area (Å²) in [5, 5.41) is 13.5. The zero-order valence-electron chi connectivity index (χ0n) is 17.9. The Hall–Kier alpha value is -2.87. The van der Waals surface area contributed by atoms with Gasteiger partial charge in [0.2, 0.25) is 5.60 Å². The van der Waals surface area contributed by atoms with E-state index in [0.29, 0.717) is 13.2 Å². The summed E-state index contributed by atoms with van der Waals surface area (Å²) in [6.07, 6.45) is -5.24. The van der Waals surface area contributed by atoms with Crippen LogP contribution in [-0.4, -0.2) is 57.4 Å². The van der Waals surface area contributed by atoms with Crippen molar-refractivity contribution in [3.63, 3.8) is 0 Å². The molecule has 0 saturated carbocycles. The van der Waals surface area contributed by atoms with Gasteiger partial charge in [-0.1, -0.05) is 11.6 Å². The molecule has 14 heteroatoms. The maximum Gasteiger partial charge on any atom is 0.426 e. The van der Waals surface area contributed by atoms with Crippen LogP contribution < -0.4 is 15.4 Å². The quantitative estimate of drug-likeness (QED) is 0.373. The number of nitrogens with one attached hydrogen (secondary N) is 3. The van der Waals surface area contributed by atoms with Crippen molar-refractivity contribution in [2.45, 2.75) is 23.6 Å². The topological polar surface area (TPSA) is 134 Å². The summed E-state index contributed by atoms with van der Waals surface area (Å²) in [4.78, 5) is 23.4. The van der Waals surface area contributed by atoms with E-state index in [1.54, 1.807) is 0 Å². The SMILES string of the molecule is COCCNC(=O)c1ccc(NS(=O)(=O)c2ccc(NC(=O)[C@@](C)(O)C(F)(F)F)c(Cl)c2)cc1. The summed E-state index contributed by atoms with van der Waals surface area (Å²) < 4.78 is 70.7. The lowest BCUT2D eigenvalue weighted by Gasteiger charge is -2.25. The number of aliphatic hydroxyl groups is 1. The van der Waals surface area contributed by atoms with Crippen LogP contribution in [0.4, 0.5) is 24.5 Å². The van der Waals surface area contributed by atoms with Crippen LogP contribution in [0.15, 0.2) is 47.4 Å². The lowest BCUT2D eigenvalue weighted by Crippen LogP contribution is -2.52. The Morgan fingerprint density at radius 2 is 1.74 bits per heavy atom. The predicted octanol–water partition coefficient (Wildman–Crippen LogP) is 2.77. The molecule has 4 N–H and O–H groups in total. The second-order valence-corrected chi connectivity index (χ2v) is 9.19. The van der Waals surface area contributed by atoms with Crippen LogP contribution in [0.5, 0.6) is 0 Å². The van der Waals surface area contributed by atoms with Gasteiger partial charge in [0, 0.05) is 24.9 Å². The van der Waals surface area contributed by atoms with E-state index in [4.69, 9.17) is 16.3 Å².